The summed E-state index contributed by atoms with van der Waals surface area (Å²) in [5, 5.41) is 10.5. The lowest BCUT2D eigenvalue weighted by molar-refractivity contribution is 0.215. The number of anilines is 1. The third-order valence-electron chi connectivity index (χ3n) is 2.98. The Kier molecular flexibility index (Phi) is 4.08. The molecule has 0 aliphatic rings. The summed E-state index contributed by atoms with van der Waals surface area (Å²) in [5.41, 5.74) is 1.89. The van der Waals surface area contributed by atoms with Crippen LogP contribution in [0.2, 0.25) is 5.02 Å². The minimum atomic E-state index is -0.992. The minimum absolute atomic E-state index is 0.224. The van der Waals surface area contributed by atoms with Gasteiger partial charge in [-0.25, -0.2) is 4.39 Å². The minimum Gasteiger partial charge on any atom is -0.384 e. The fourth-order valence-electron chi connectivity index (χ4n) is 1.86. The molecule has 0 saturated heterocycles. The molecule has 2 aromatic rings. The maximum atomic E-state index is 13.7. The molecule has 1 atom stereocenters. The molecule has 19 heavy (non-hydrogen) atoms. The monoisotopic (exact) mass is 279 g/mol. The Morgan fingerprint density at radius 1 is 1.11 bits per heavy atom. The first kappa shape index (κ1) is 13.8. The van der Waals surface area contributed by atoms with Gasteiger partial charge in [-0.3, -0.25) is 0 Å². The van der Waals surface area contributed by atoms with Crippen molar-refractivity contribution in [1.82, 2.24) is 0 Å². The van der Waals surface area contributed by atoms with Crippen molar-refractivity contribution < 1.29 is 9.50 Å². The lowest BCUT2D eigenvalue weighted by atomic mass is 10.0. The quantitative estimate of drug-likeness (QED) is 0.927. The van der Waals surface area contributed by atoms with Crippen LogP contribution in [0.25, 0.3) is 0 Å². The predicted molar refractivity (Wildman–Crippen MR) is 76.2 cm³/mol. The van der Waals surface area contributed by atoms with Crippen LogP contribution in [-0.2, 0) is 0 Å². The van der Waals surface area contributed by atoms with E-state index in [9.17, 15) is 9.50 Å². The van der Waals surface area contributed by atoms with Crippen molar-refractivity contribution in [2.24, 2.45) is 0 Å². The zero-order valence-corrected chi connectivity index (χ0v) is 11.5. The average Bonchev–Trinajstić information content (AvgIpc) is 2.38. The van der Waals surface area contributed by atoms with Gasteiger partial charge in [-0.2, -0.15) is 0 Å². The Morgan fingerprint density at radius 3 is 2.26 bits per heavy atom. The second-order valence-corrected chi connectivity index (χ2v) is 4.99. The summed E-state index contributed by atoms with van der Waals surface area (Å²) in [4.78, 5) is 1.96. The molecule has 1 unspecified atom stereocenters. The van der Waals surface area contributed by atoms with Crippen LogP contribution >= 0.6 is 11.6 Å². The van der Waals surface area contributed by atoms with Crippen LogP contribution in [0.5, 0.6) is 0 Å². The number of hydrogen-bond donors (Lipinski definition) is 1. The van der Waals surface area contributed by atoms with E-state index in [1.165, 1.54) is 12.1 Å². The Bertz CT molecular complexity index is 569. The number of halogens is 2. The van der Waals surface area contributed by atoms with E-state index >= 15 is 0 Å². The third-order valence-corrected chi connectivity index (χ3v) is 3.22. The van der Waals surface area contributed by atoms with Gasteiger partial charge in [0.1, 0.15) is 11.9 Å². The van der Waals surface area contributed by atoms with E-state index in [1.54, 1.807) is 18.2 Å². The molecule has 100 valence electrons. The van der Waals surface area contributed by atoms with E-state index in [4.69, 9.17) is 11.6 Å². The van der Waals surface area contributed by atoms with E-state index in [0.717, 1.165) is 5.69 Å². The van der Waals surface area contributed by atoms with Crippen LogP contribution in [0.3, 0.4) is 0 Å². The molecule has 0 saturated carbocycles. The molecule has 0 spiro atoms. The molecule has 0 fully saturated rings. The largest absolute Gasteiger partial charge is 0.384 e. The zero-order chi connectivity index (χ0) is 14.0. The van der Waals surface area contributed by atoms with E-state index in [2.05, 4.69) is 0 Å². The molecule has 2 rings (SSSR count). The summed E-state index contributed by atoms with van der Waals surface area (Å²) in [6, 6.07) is 11.6. The van der Waals surface area contributed by atoms with Crippen LogP contribution in [0.15, 0.2) is 42.5 Å². The first-order valence-corrected chi connectivity index (χ1v) is 6.27. The van der Waals surface area contributed by atoms with Crippen molar-refractivity contribution in [3.8, 4) is 0 Å². The maximum Gasteiger partial charge on any atom is 0.130 e. The van der Waals surface area contributed by atoms with Gasteiger partial charge >= 0.3 is 0 Å². The van der Waals surface area contributed by atoms with Crippen molar-refractivity contribution in [1.29, 1.82) is 0 Å². The summed E-state index contributed by atoms with van der Waals surface area (Å²) < 4.78 is 13.7. The van der Waals surface area contributed by atoms with Gasteiger partial charge in [0, 0.05) is 30.4 Å². The highest BCUT2D eigenvalue weighted by molar-refractivity contribution is 6.30. The second-order valence-electron chi connectivity index (χ2n) is 4.55. The lowest BCUT2D eigenvalue weighted by Crippen LogP contribution is -2.09. The van der Waals surface area contributed by atoms with Crippen LogP contribution in [0, 0.1) is 5.82 Å². The van der Waals surface area contributed by atoms with Gasteiger partial charge in [-0.05, 0) is 29.8 Å². The third kappa shape index (κ3) is 3.06. The molecular formula is C15H15ClFNO. The number of benzene rings is 2. The molecule has 0 aromatic heterocycles. The van der Waals surface area contributed by atoms with Gasteiger partial charge < -0.3 is 10.0 Å². The van der Waals surface area contributed by atoms with Crippen molar-refractivity contribution in [3.63, 3.8) is 0 Å². The van der Waals surface area contributed by atoms with E-state index in [0.29, 0.717) is 10.6 Å². The van der Waals surface area contributed by atoms with Gasteiger partial charge in [-0.15, -0.1) is 0 Å². The summed E-state index contributed by atoms with van der Waals surface area (Å²) >= 11 is 5.70. The van der Waals surface area contributed by atoms with E-state index < -0.39 is 11.9 Å². The zero-order valence-electron chi connectivity index (χ0n) is 10.8. The predicted octanol–water partition coefficient (Wildman–Crippen LogP) is 3.63. The number of hydrogen-bond acceptors (Lipinski definition) is 2. The molecule has 0 amide bonds. The molecule has 0 aliphatic carbocycles. The van der Waals surface area contributed by atoms with Gasteiger partial charge in [0.05, 0.1) is 0 Å². The van der Waals surface area contributed by atoms with E-state index in [1.807, 2.05) is 31.1 Å². The topological polar surface area (TPSA) is 23.5 Å². The van der Waals surface area contributed by atoms with Gasteiger partial charge in [0.15, 0.2) is 0 Å². The van der Waals surface area contributed by atoms with Crippen molar-refractivity contribution in [2.75, 3.05) is 19.0 Å². The highest BCUT2D eigenvalue weighted by Crippen LogP contribution is 2.27. The van der Waals surface area contributed by atoms with Crippen LogP contribution in [0.1, 0.15) is 17.2 Å². The first-order chi connectivity index (χ1) is 8.99. The van der Waals surface area contributed by atoms with Crippen molar-refractivity contribution in [3.05, 3.63) is 64.4 Å². The number of nitrogens with zero attached hydrogens (tertiary/aromatic N) is 1. The Hall–Kier alpha value is -1.58. The molecule has 0 aliphatic heterocycles. The molecule has 0 heterocycles. The molecule has 2 nitrogen and oxygen atoms in total. The highest BCUT2D eigenvalue weighted by Gasteiger charge is 2.15. The number of aliphatic hydroxyl groups is 1. The summed E-state index contributed by atoms with van der Waals surface area (Å²) in [7, 11) is 3.87. The molecular weight excluding hydrogens is 265 g/mol. The standard InChI is InChI=1S/C15H15ClFNO/c1-18(2)12-6-3-10(4-7-12)15(19)13-8-5-11(16)9-14(13)17/h3-9,15,19H,1-2H3. The van der Waals surface area contributed by atoms with Crippen molar-refractivity contribution in [2.45, 2.75) is 6.10 Å². The maximum absolute atomic E-state index is 13.7. The SMILES string of the molecule is CN(C)c1ccc(C(O)c2ccc(Cl)cc2F)cc1. The van der Waals surface area contributed by atoms with Gasteiger partial charge in [0.25, 0.3) is 0 Å². The molecule has 1 N–H and O–H groups in total. The van der Waals surface area contributed by atoms with Crippen molar-refractivity contribution >= 4 is 17.3 Å². The average molecular weight is 280 g/mol. The Labute approximate surface area is 117 Å². The summed E-state index contributed by atoms with van der Waals surface area (Å²) in [6.45, 7) is 0. The van der Waals surface area contributed by atoms with Gasteiger partial charge in [0.2, 0.25) is 0 Å². The summed E-state index contributed by atoms with van der Waals surface area (Å²) in [6.07, 6.45) is -0.992. The second kappa shape index (κ2) is 5.59. The Morgan fingerprint density at radius 2 is 1.74 bits per heavy atom. The van der Waals surface area contributed by atoms with Crippen LogP contribution in [-0.4, -0.2) is 19.2 Å². The van der Waals surface area contributed by atoms with Crippen LogP contribution in [0.4, 0.5) is 10.1 Å². The smallest absolute Gasteiger partial charge is 0.130 e. The Balaban J connectivity index is 2.30. The molecule has 2 aromatic carbocycles. The number of rotatable bonds is 3. The van der Waals surface area contributed by atoms with Gasteiger partial charge in [-0.1, -0.05) is 29.8 Å². The fourth-order valence-corrected chi connectivity index (χ4v) is 2.02. The first-order valence-electron chi connectivity index (χ1n) is 5.89. The molecule has 0 bridgehead atoms. The lowest BCUT2D eigenvalue weighted by Gasteiger charge is -2.16. The molecule has 0 radical (unpaired) electrons. The highest BCUT2D eigenvalue weighted by atomic mass is 35.5. The molecule has 4 heteroatoms. The van der Waals surface area contributed by atoms with E-state index in [-0.39, 0.29) is 5.56 Å². The number of aliphatic hydroxyl groups excluding tert-OH is 1. The fraction of sp³-hybridized carbons (Fsp3) is 0.200. The normalized spacial score (nSPS) is 12.3. The summed E-state index contributed by atoms with van der Waals surface area (Å²) in [5.74, 6) is -0.503. The van der Waals surface area contributed by atoms with Crippen LogP contribution < -0.4 is 4.90 Å².